The van der Waals surface area contributed by atoms with Gasteiger partial charge in [0.2, 0.25) is 0 Å². The molecule has 23 heavy (non-hydrogen) atoms. The number of aromatic nitrogens is 1. The van der Waals surface area contributed by atoms with Gasteiger partial charge >= 0.3 is 12.1 Å². The third-order valence-electron chi connectivity index (χ3n) is 3.36. The predicted octanol–water partition coefficient (Wildman–Crippen LogP) is 4.56. The molecule has 0 N–H and O–H groups in total. The molecule has 6 heteroatoms. The van der Waals surface area contributed by atoms with Gasteiger partial charge in [-0.05, 0) is 44.5 Å². The molecule has 1 heterocycles. The van der Waals surface area contributed by atoms with Crippen LogP contribution in [-0.2, 0) is 10.9 Å². The molecule has 0 spiro atoms. The number of carbonyl (C=O) groups excluding carboxylic acids is 1. The van der Waals surface area contributed by atoms with Gasteiger partial charge in [-0.15, -0.1) is 0 Å². The van der Waals surface area contributed by atoms with Gasteiger partial charge in [0.25, 0.3) is 0 Å². The quantitative estimate of drug-likeness (QED) is 0.777. The van der Waals surface area contributed by atoms with Gasteiger partial charge in [0.05, 0.1) is 29.1 Å². The SMILES string of the molecule is CCOC(=O)c1c(C)cc(-c2cccc(C(F)(F)F)c2)nc1C. The van der Waals surface area contributed by atoms with Gasteiger partial charge in [-0.2, -0.15) is 13.2 Å². The number of hydrogen-bond acceptors (Lipinski definition) is 3. The minimum atomic E-state index is -4.41. The van der Waals surface area contributed by atoms with Crippen LogP contribution in [0.25, 0.3) is 11.3 Å². The molecule has 0 amide bonds. The van der Waals surface area contributed by atoms with Crippen LogP contribution in [0.2, 0.25) is 0 Å². The van der Waals surface area contributed by atoms with E-state index in [2.05, 4.69) is 4.98 Å². The Morgan fingerprint density at radius 1 is 1.22 bits per heavy atom. The monoisotopic (exact) mass is 323 g/mol. The second-order valence-electron chi connectivity index (χ2n) is 5.08. The van der Waals surface area contributed by atoms with E-state index in [0.29, 0.717) is 28.1 Å². The van der Waals surface area contributed by atoms with E-state index < -0.39 is 17.7 Å². The van der Waals surface area contributed by atoms with Crippen molar-refractivity contribution < 1.29 is 22.7 Å². The first-order valence-corrected chi connectivity index (χ1v) is 7.07. The molecule has 0 aliphatic heterocycles. The van der Waals surface area contributed by atoms with E-state index in [1.165, 1.54) is 6.07 Å². The number of rotatable bonds is 3. The van der Waals surface area contributed by atoms with Crippen molar-refractivity contribution in [3.05, 3.63) is 52.7 Å². The number of hydrogen-bond donors (Lipinski definition) is 0. The summed E-state index contributed by atoms with van der Waals surface area (Å²) in [6, 6.07) is 6.54. The standard InChI is InChI=1S/C17H16F3NO2/c1-4-23-16(22)15-10(2)8-14(21-11(15)3)12-6-5-7-13(9-12)17(18,19)20/h5-9H,4H2,1-3H3. The van der Waals surface area contributed by atoms with Crippen LogP contribution in [-0.4, -0.2) is 17.6 Å². The van der Waals surface area contributed by atoms with Crippen molar-refractivity contribution in [1.82, 2.24) is 4.98 Å². The van der Waals surface area contributed by atoms with Gasteiger partial charge in [-0.1, -0.05) is 12.1 Å². The third kappa shape index (κ3) is 3.70. The van der Waals surface area contributed by atoms with E-state index in [1.54, 1.807) is 32.9 Å². The van der Waals surface area contributed by atoms with Crippen LogP contribution in [0.4, 0.5) is 13.2 Å². The third-order valence-corrected chi connectivity index (χ3v) is 3.36. The van der Waals surface area contributed by atoms with Gasteiger partial charge in [-0.3, -0.25) is 4.98 Å². The summed E-state index contributed by atoms with van der Waals surface area (Å²) in [5.41, 5.74) is 1.39. The van der Waals surface area contributed by atoms with Crippen LogP contribution in [0.1, 0.15) is 34.1 Å². The van der Waals surface area contributed by atoms with Crippen LogP contribution >= 0.6 is 0 Å². The molecule has 0 aliphatic carbocycles. The van der Waals surface area contributed by atoms with Crippen LogP contribution in [0.3, 0.4) is 0 Å². The average molecular weight is 323 g/mol. The minimum Gasteiger partial charge on any atom is -0.462 e. The molecule has 0 fully saturated rings. The molecule has 0 saturated carbocycles. The lowest BCUT2D eigenvalue weighted by Crippen LogP contribution is -2.11. The summed E-state index contributed by atoms with van der Waals surface area (Å²) in [7, 11) is 0. The van der Waals surface area contributed by atoms with Crippen molar-refractivity contribution in [1.29, 1.82) is 0 Å². The Kier molecular flexibility index (Phi) is 4.73. The van der Waals surface area contributed by atoms with E-state index in [1.807, 2.05) is 0 Å². The molecular formula is C17H16F3NO2. The van der Waals surface area contributed by atoms with Crippen molar-refractivity contribution in [2.45, 2.75) is 26.9 Å². The highest BCUT2D eigenvalue weighted by Crippen LogP contribution is 2.32. The second-order valence-corrected chi connectivity index (χ2v) is 5.08. The van der Waals surface area contributed by atoms with Crippen molar-refractivity contribution in [3.63, 3.8) is 0 Å². The molecule has 3 nitrogen and oxygen atoms in total. The summed E-state index contributed by atoms with van der Waals surface area (Å²) in [5, 5.41) is 0. The van der Waals surface area contributed by atoms with Gasteiger partial charge in [-0.25, -0.2) is 4.79 Å². The van der Waals surface area contributed by atoms with Crippen LogP contribution in [0.5, 0.6) is 0 Å². The zero-order valence-corrected chi connectivity index (χ0v) is 13.0. The van der Waals surface area contributed by atoms with Crippen molar-refractivity contribution >= 4 is 5.97 Å². The fourth-order valence-corrected chi connectivity index (χ4v) is 2.35. The minimum absolute atomic E-state index is 0.243. The lowest BCUT2D eigenvalue weighted by molar-refractivity contribution is -0.137. The first-order valence-electron chi connectivity index (χ1n) is 7.07. The number of aryl methyl sites for hydroxylation is 2. The van der Waals surface area contributed by atoms with Crippen molar-refractivity contribution in [2.75, 3.05) is 6.61 Å². The zero-order valence-electron chi connectivity index (χ0n) is 13.0. The second kappa shape index (κ2) is 6.40. The number of carbonyl (C=O) groups is 1. The maximum Gasteiger partial charge on any atom is 0.416 e. The number of alkyl halides is 3. The number of halogens is 3. The molecule has 0 radical (unpaired) electrons. The van der Waals surface area contributed by atoms with E-state index in [0.717, 1.165) is 12.1 Å². The van der Waals surface area contributed by atoms with E-state index in [4.69, 9.17) is 4.74 Å². The Morgan fingerprint density at radius 2 is 1.91 bits per heavy atom. The smallest absolute Gasteiger partial charge is 0.416 e. The molecule has 1 aromatic heterocycles. The maximum absolute atomic E-state index is 12.8. The van der Waals surface area contributed by atoms with Crippen LogP contribution in [0, 0.1) is 13.8 Å². The molecular weight excluding hydrogens is 307 g/mol. The highest BCUT2D eigenvalue weighted by atomic mass is 19.4. The lowest BCUT2D eigenvalue weighted by Gasteiger charge is -2.12. The van der Waals surface area contributed by atoms with Gasteiger partial charge in [0, 0.05) is 5.56 Å². The first kappa shape index (κ1) is 17.0. The molecule has 2 aromatic rings. The Hall–Kier alpha value is -2.37. The number of nitrogens with zero attached hydrogens (tertiary/aromatic N) is 1. The largest absolute Gasteiger partial charge is 0.462 e. The predicted molar refractivity (Wildman–Crippen MR) is 80.1 cm³/mol. The highest BCUT2D eigenvalue weighted by molar-refractivity contribution is 5.92. The Balaban J connectivity index is 2.48. The molecule has 0 atom stereocenters. The summed E-state index contributed by atoms with van der Waals surface area (Å²) in [6.45, 7) is 5.29. The van der Waals surface area contributed by atoms with Crippen molar-refractivity contribution in [2.24, 2.45) is 0 Å². The van der Waals surface area contributed by atoms with Gasteiger partial charge < -0.3 is 4.74 Å². The Bertz CT molecular complexity index is 716. The lowest BCUT2D eigenvalue weighted by atomic mass is 10.0. The average Bonchev–Trinajstić information content (AvgIpc) is 2.46. The summed E-state index contributed by atoms with van der Waals surface area (Å²) in [6.07, 6.45) is -4.41. The number of pyridine rings is 1. The summed E-state index contributed by atoms with van der Waals surface area (Å²) in [5.74, 6) is -0.481. The van der Waals surface area contributed by atoms with E-state index >= 15 is 0 Å². The van der Waals surface area contributed by atoms with Gasteiger partial charge in [0.1, 0.15) is 0 Å². The van der Waals surface area contributed by atoms with E-state index in [9.17, 15) is 18.0 Å². The Labute approximate surface area is 132 Å². The van der Waals surface area contributed by atoms with Crippen LogP contribution in [0.15, 0.2) is 30.3 Å². The van der Waals surface area contributed by atoms with Crippen LogP contribution < -0.4 is 0 Å². The number of benzene rings is 1. The topological polar surface area (TPSA) is 39.2 Å². The fraction of sp³-hybridized carbons (Fsp3) is 0.294. The molecule has 0 bridgehead atoms. The molecule has 122 valence electrons. The number of esters is 1. The fourth-order valence-electron chi connectivity index (χ4n) is 2.35. The Morgan fingerprint density at radius 3 is 2.48 bits per heavy atom. The summed E-state index contributed by atoms with van der Waals surface area (Å²) < 4.78 is 43.4. The summed E-state index contributed by atoms with van der Waals surface area (Å²) in [4.78, 5) is 16.2. The summed E-state index contributed by atoms with van der Waals surface area (Å²) >= 11 is 0. The highest BCUT2D eigenvalue weighted by Gasteiger charge is 2.30. The molecule has 0 unspecified atom stereocenters. The van der Waals surface area contributed by atoms with Gasteiger partial charge in [0.15, 0.2) is 0 Å². The maximum atomic E-state index is 12.8. The molecule has 1 aromatic carbocycles. The van der Waals surface area contributed by atoms with Crippen molar-refractivity contribution in [3.8, 4) is 11.3 Å². The normalized spacial score (nSPS) is 11.4. The first-order chi connectivity index (χ1) is 10.7. The molecule has 0 saturated heterocycles. The zero-order chi connectivity index (χ0) is 17.2. The molecule has 2 rings (SSSR count). The molecule has 0 aliphatic rings. The number of ether oxygens (including phenoxy) is 1. The van der Waals surface area contributed by atoms with E-state index in [-0.39, 0.29) is 6.61 Å².